The second-order valence-corrected chi connectivity index (χ2v) is 7.10. The number of oxazole rings is 1. The normalized spacial score (nSPS) is 21.8. The molecule has 4 heteroatoms. The smallest absolute Gasteiger partial charge is 0.226 e. The summed E-state index contributed by atoms with van der Waals surface area (Å²) in [5.74, 6) is 1.39. The minimum atomic E-state index is 0.625. The Kier molecular flexibility index (Phi) is 4.31. The number of anilines is 1. The van der Waals surface area contributed by atoms with Crippen LogP contribution in [0.5, 0.6) is 0 Å². The maximum absolute atomic E-state index is 5.63. The van der Waals surface area contributed by atoms with Crippen LogP contribution in [-0.4, -0.2) is 35.6 Å². The van der Waals surface area contributed by atoms with Crippen LogP contribution < -0.4 is 5.32 Å². The standard InChI is InChI=1S/C20H27N3O/c1-3-8-23(9-4-2)15-11-14-13-22-18-6-5-16(17(12-15)19(14)18)20-21-7-10-24-20/h5-7,10,14-15,22H,3-4,8-9,11-13H2,1-2H3. The first-order valence-electron chi connectivity index (χ1n) is 9.35. The number of aromatic nitrogens is 1. The molecule has 1 N–H and O–H groups in total. The van der Waals surface area contributed by atoms with Crippen LogP contribution in [-0.2, 0) is 6.42 Å². The van der Waals surface area contributed by atoms with Gasteiger partial charge in [-0.3, -0.25) is 0 Å². The van der Waals surface area contributed by atoms with Crippen molar-refractivity contribution in [2.75, 3.05) is 25.0 Å². The Morgan fingerprint density at radius 3 is 2.79 bits per heavy atom. The fourth-order valence-corrected chi connectivity index (χ4v) is 4.58. The van der Waals surface area contributed by atoms with Crippen LogP contribution in [0.25, 0.3) is 11.5 Å². The number of rotatable bonds is 6. The van der Waals surface area contributed by atoms with E-state index in [0.717, 1.165) is 18.9 Å². The monoisotopic (exact) mass is 325 g/mol. The van der Waals surface area contributed by atoms with Crippen molar-refractivity contribution >= 4 is 5.69 Å². The molecule has 0 bridgehead atoms. The molecule has 1 aliphatic heterocycles. The Hall–Kier alpha value is -1.81. The van der Waals surface area contributed by atoms with E-state index in [9.17, 15) is 0 Å². The summed E-state index contributed by atoms with van der Waals surface area (Å²) in [5, 5.41) is 3.61. The molecule has 2 heterocycles. The molecule has 2 aromatic rings. The molecule has 0 saturated carbocycles. The maximum Gasteiger partial charge on any atom is 0.226 e. The highest BCUT2D eigenvalue weighted by Gasteiger charge is 2.36. The summed E-state index contributed by atoms with van der Waals surface area (Å²) in [5.41, 5.74) is 5.49. The van der Waals surface area contributed by atoms with Crippen LogP contribution in [0.2, 0.25) is 0 Å². The molecule has 24 heavy (non-hydrogen) atoms. The number of hydrogen-bond donors (Lipinski definition) is 1. The van der Waals surface area contributed by atoms with Gasteiger partial charge in [0, 0.05) is 29.8 Å². The van der Waals surface area contributed by atoms with E-state index in [0.29, 0.717) is 12.0 Å². The minimum absolute atomic E-state index is 0.625. The van der Waals surface area contributed by atoms with Gasteiger partial charge >= 0.3 is 0 Å². The Morgan fingerprint density at radius 2 is 2.08 bits per heavy atom. The Labute approximate surface area is 144 Å². The highest BCUT2D eigenvalue weighted by molar-refractivity contribution is 5.72. The fraction of sp³-hybridized carbons (Fsp3) is 0.550. The topological polar surface area (TPSA) is 41.3 Å². The van der Waals surface area contributed by atoms with Crippen LogP contribution in [0.3, 0.4) is 0 Å². The zero-order chi connectivity index (χ0) is 16.5. The zero-order valence-electron chi connectivity index (χ0n) is 14.7. The Bertz CT molecular complexity index is 689. The molecule has 0 fully saturated rings. The van der Waals surface area contributed by atoms with E-state index in [-0.39, 0.29) is 0 Å². The van der Waals surface area contributed by atoms with Crippen LogP contribution in [0.15, 0.2) is 29.0 Å². The van der Waals surface area contributed by atoms with Gasteiger partial charge in [0.2, 0.25) is 5.89 Å². The van der Waals surface area contributed by atoms with Crippen molar-refractivity contribution in [1.29, 1.82) is 0 Å². The van der Waals surface area contributed by atoms with E-state index < -0.39 is 0 Å². The molecule has 4 nitrogen and oxygen atoms in total. The number of hydrogen-bond acceptors (Lipinski definition) is 4. The van der Waals surface area contributed by atoms with Crippen molar-refractivity contribution in [3.63, 3.8) is 0 Å². The summed E-state index contributed by atoms with van der Waals surface area (Å²) >= 11 is 0. The Morgan fingerprint density at radius 1 is 1.25 bits per heavy atom. The van der Waals surface area contributed by atoms with E-state index in [2.05, 4.69) is 41.2 Å². The third-order valence-corrected chi connectivity index (χ3v) is 5.50. The van der Waals surface area contributed by atoms with Crippen molar-refractivity contribution in [1.82, 2.24) is 9.88 Å². The number of nitrogens with zero attached hydrogens (tertiary/aromatic N) is 2. The average molecular weight is 325 g/mol. The average Bonchev–Trinajstić information content (AvgIpc) is 3.26. The highest BCUT2D eigenvalue weighted by atomic mass is 16.3. The Balaban J connectivity index is 1.73. The predicted molar refractivity (Wildman–Crippen MR) is 97.4 cm³/mol. The summed E-state index contributed by atoms with van der Waals surface area (Å²) in [4.78, 5) is 7.11. The summed E-state index contributed by atoms with van der Waals surface area (Å²) < 4.78 is 5.63. The van der Waals surface area contributed by atoms with Crippen molar-refractivity contribution in [3.8, 4) is 11.5 Å². The van der Waals surface area contributed by atoms with Crippen molar-refractivity contribution in [3.05, 3.63) is 35.7 Å². The lowest BCUT2D eigenvalue weighted by Gasteiger charge is -2.37. The first kappa shape index (κ1) is 15.7. The van der Waals surface area contributed by atoms with E-state index in [1.54, 1.807) is 12.5 Å². The summed E-state index contributed by atoms with van der Waals surface area (Å²) in [6.07, 6.45) is 8.23. The first-order chi connectivity index (χ1) is 11.8. The van der Waals surface area contributed by atoms with Crippen LogP contribution in [0.1, 0.15) is 50.2 Å². The predicted octanol–water partition coefficient (Wildman–Crippen LogP) is 4.29. The molecular formula is C20H27N3O. The van der Waals surface area contributed by atoms with E-state index >= 15 is 0 Å². The molecule has 128 valence electrons. The number of nitrogens with one attached hydrogen (secondary N) is 1. The first-order valence-corrected chi connectivity index (χ1v) is 9.35. The van der Waals surface area contributed by atoms with E-state index in [4.69, 9.17) is 4.42 Å². The van der Waals surface area contributed by atoms with Crippen molar-refractivity contribution < 1.29 is 4.42 Å². The van der Waals surface area contributed by atoms with Gasteiger partial charge in [0.15, 0.2) is 0 Å². The van der Waals surface area contributed by atoms with Crippen LogP contribution in [0.4, 0.5) is 5.69 Å². The van der Waals surface area contributed by atoms with Gasteiger partial charge in [0.1, 0.15) is 6.26 Å². The van der Waals surface area contributed by atoms with Gasteiger partial charge in [0.05, 0.1) is 6.20 Å². The molecule has 2 aliphatic rings. The van der Waals surface area contributed by atoms with Crippen molar-refractivity contribution in [2.45, 2.75) is 51.5 Å². The quantitative estimate of drug-likeness (QED) is 0.860. The summed E-state index contributed by atoms with van der Waals surface area (Å²) in [6, 6.07) is 5.02. The SMILES string of the molecule is CCCN(CCC)C1Cc2c(-c3ncco3)ccc3c2C(CN3)C1. The third kappa shape index (κ3) is 2.63. The molecule has 2 atom stereocenters. The molecule has 0 saturated heterocycles. The number of benzene rings is 1. The highest BCUT2D eigenvalue weighted by Crippen LogP contribution is 2.45. The zero-order valence-corrected chi connectivity index (χ0v) is 14.7. The lowest BCUT2D eigenvalue weighted by Crippen LogP contribution is -2.41. The maximum atomic E-state index is 5.63. The van der Waals surface area contributed by atoms with Gasteiger partial charge in [-0.05, 0) is 62.0 Å². The minimum Gasteiger partial charge on any atom is -0.445 e. The molecule has 1 aliphatic carbocycles. The lowest BCUT2D eigenvalue weighted by molar-refractivity contribution is 0.172. The van der Waals surface area contributed by atoms with E-state index in [1.165, 1.54) is 54.7 Å². The van der Waals surface area contributed by atoms with Gasteiger partial charge < -0.3 is 14.6 Å². The second kappa shape index (κ2) is 6.60. The molecule has 1 aromatic heterocycles. The molecular weight excluding hydrogens is 298 g/mol. The second-order valence-electron chi connectivity index (χ2n) is 7.10. The van der Waals surface area contributed by atoms with Crippen LogP contribution in [0, 0.1) is 0 Å². The summed E-state index contributed by atoms with van der Waals surface area (Å²) in [7, 11) is 0. The van der Waals surface area contributed by atoms with Gasteiger partial charge in [-0.1, -0.05) is 13.8 Å². The molecule has 1 aromatic carbocycles. The molecule has 0 spiro atoms. The molecule has 0 amide bonds. The third-order valence-electron chi connectivity index (χ3n) is 5.50. The fourth-order valence-electron chi connectivity index (χ4n) is 4.58. The largest absolute Gasteiger partial charge is 0.445 e. The molecule has 4 rings (SSSR count). The van der Waals surface area contributed by atoms with Gasteiger partial charge in [-0.15, -0.1) is 0 Å². The lowest BCUT2D eigenvalue weighted by atomic mass is 9.78. The van der Waals surface area contributed by atoms with Gasteiger partial charge in [-0.2, -0.15) is 0 Å². The van der Waals surface area contributed by atoms with Crippen molar-refractivity contribution in [2.24, 2.45) is 0 Å². The van der Waals surface area contributed by atoms with Gasteiger partial charge in [0.25, 0.3) is 0 Å². The van der Waals surface area contributed by atoms with E-state index in [1.807, 2.05) is 0 Å². The summed E-state index contributed by atoms with van der Waals surface area (Å²) in [6.45, 7) is 8.03. The van der Waals surface area contributed by atoms with Crippen LogP contribution >= 0.6 is 0 Å². The molecule has 0 radical (unpaired) electrons. The molecule has 2 unspecified atom stereocenters. The van der Waals surface area contributed by atoms with Gasteiger partial charge in [-0.25, -0.2) is 4.98 Å².